The zero-order chi connectivity index (χ0) is 24.5. The van der Waals surface area contributed by atoms with Gasteiger partial charge in [0, 0.05) is 35.3 Å². The lowest BCUT2D eigenvalue weighted by Gasteiger charge is -2.25. The Morgan fingerprint density at radius 1 is 1.18 bits per heavy atom. The molecule has 0 aliphatic heterocycles. The van der Waals surface area contributed by atoms with E-state index in [0.717, 1.165) is 16.8 Å². The molecule has 4 rings (SSSR count). The van der Waals surface area contributed by atoms with E-state index in [2.05, 4.69) is 14.7 Å². The molecule has 0 spiro atoms. The van der Waals surface area contributed by atoms with Crippen molar-refractivity contribution in [3.05, 3.63) is 76.7 Å². The van der Waals surface area contributed by atoms with Crippen molar-refractivity contribution in [1.29, 1.82) is 0 Å². The predicted molar refractivity (Wildman–Crippen MR) is 124 cm³/mol. The number of aliphatic imine (C=N–C) groups is 1. The summed E-state index contributed by atoms with van der Waals surface area (Å²) in [6.45, 7) is 3.58. The Bertz CT molecular complexity index is 1270. The minimum absolute atomic E-state index is 0.0138. The van der Waals surface area contributed by atoms with Crippen LogP contribution in [0, 0.1) is 6.92 Å². The summed E-state index contributed by atoms with van der Waals surface area (Å²) in [6.07, 6.45) is -3.41. The number of fused-ring (bicyclic) bond motifs is 1. The number of allylic oxidation sites excluding steroid dienone is 2. The number of ketones is 1. The van der Waals surface area contributed by atoms with E-state index in [9.17, 15) is 23.1 Å². The molecule has 0 radical (unpaired) electrons. The number of hydrogen-bond acceptors (Lipinski definition) is 4. The Hall–Kier alpha value is -3.55. The van der Waals surface area contributed by atoms with Gasteiger partial charge in [0.25, 0.3) is 0 Å². The number of ether oxygens (including phenoxy) is 1. The number of aromatic amines is 1. The average Bonchev–Trinajstić information content (AvgIpc) is 3.07. The zero-order valence-electron chi connectivity index (χ0n) is 18.9. The molecule has 1 aliphatic rings. The highest BCUT2D eigenvalue weighted by atomic mass is 19.4. The number of aliphatic hydroxyl groups is 1. The lowest BCUT2D eigenvalue weighted by Crippen LogP contribution is -2.23. The maximum Gasteiger partial charge on any atom is 0.573 e. The molecule has 2 N–H and O–H groups in total. The van der Waals surface area contributed by atoms with Crippen LogP contribution in [0.1, 0.15) is 42.5 Å². The highest BCUT2D eigenvalue weighted by molar-refractivity contribution is 6.22. The quantitative estimate of drug-likeness (QED) is 0.442. The molecule has 0 saturated heterocycles. The molecule has 1 aliphatic carbocycles. The summed E-state index contributed by atoms with van der Waals surface area (Å²) >= 11 is 0. The topological polar surface area (TPSA) is 74.7 Å². The summed E-state index contributed by atoms with van der Waals surface area (Å²) in [6, 6.07) is 14.0. The smallest absolute Gasteiger partial charge is 0.511 e. The number of nitrogens with one attached hydrogen (secondary N) is 1. The van der Waals surface area contributed by atoms with Crippen molar-refractivity contribution in [3.8, 4) is 5.75 Å². The van der Waals surface area contributed by atoms with Gasteiger partial charge in [-0.2, -0.15) is 0 Å². The molecule has 1 unspecified atom stereocenters. The van der Waals surface area contributed by atoms with Crippen LogP contribution in [0.3, 0.4) is 0 Å². The van der Waals surface area contributed by atoms with Gasteiger partial charge in [-0.05, 0) is 61.9 Å². The molecule has 0 saturated carbocycles. The van der Waals surface area contributed by atoms with E-state index in [0.29, 0.717) is 42.4 Å². The first-order valence-electron chi connectivity index (χ1n) is 11.0. The van der Waals surface area contributed by atoms with Gasteiger partial charge in [0.1, 0.15) is 11.5 Å². The molecular weight excluding hydrogens is 445 g/mol. The van der Waals surface area contributed by atoms with E-state index >= 15 is 0 Å². The molecule has 1 atom stereocenters. The SMILES string of the molecule is CC(=O)C1=C(O)CC(c2ccccc2)CC1=NCCc1c(C)[nH]c2ccc(OC(F)(F)F)cc12. The van der Waals surface area contributed by atoms with Gasteiger partial charge in [-0.15, -0.1) is 13.2 Å². The van der Waals surface area contributed by atoms with Gasteiger partial charge in [0.05, 0.1) is 5.57 Å². The molecular formula is C26H25F3N2O3. The van der Waals surface area contributed by atoms with Crippen LogP contribution < -0.4 is 4.74 Å². The molecule has 8 heteroatoms. The van der Waals surface area contributed by atoms with Crippen LogP contribution in [0.15, 0.2) is 64.9 Å². The minimum Gasteiger partial charge on any atom is -0.511 e. The number of carbonyl (C=O) groups is 1. The lowest BCUT2D eigenvalue weighted by atomic mass is 9.81. The maximum atomic E-state index is 12.6. The standard InChI is InChI=1S/C26H25F3N2O3/c1-15-20(21-14-19(34-26(27,28)29)8-9-22(21)31-15)10-11-30-23-12-18(17-6-4-3-5-7-17)13-24(33)25(23)16(2)32/h3-9,14,18,31,33H,10-13H2,1-2H3. The summed E-state index contributed by atoms with van der Waals surface area (Å²) in [5, 5.41) is 11.2. The van der Waals surface area contributed by atoms with Crippen LogP contribution in [0.2, 0.25) is 0 Å². The number of alkyl halides is 3. The Morgan fingerprint density at radius 2 is 1.91 bits per heavy atom. The van der Waals surface area contributed by atoms with Crippen molar-refractivity contribution in [1.82, 2.24) is 4.98 Å². The van der Waals surface area contributed by atoms with Crippen molar-refractivity contribution in [2.24, 2.45) is 4.99 Å². The zero-order valence-corrected chi connectivity index (χ0v) is 18.9. The van der Waals surface area contributed by atoms with Crippen molar-refractivity contribution >= 4 is 22.4 Å². The lowest BCUT2D eigenvalue weighted by molar-refractivity contribution is -0.274. The van der Waals surface area contributed by atoms with E-state index in [4.69, 9.17) is 0 Å². The van der Waals surface area contributed by atoms with Gasteiger partial charge in [-0.1, -0.05) is 30.3 Å². The fourth-order valence-electron chi connectivity index (χ4n) is 4.60. The second kappa shape index (κ2) is 9.37. The highest BCUT2D eigenvalue weighted by Gasteiger charge is 2.31. The van der Waals surface area contributed by atoms with Gasteiger partial charge in [0.2, 0.25) is 0 Å². The fraction of sp³-hybridized carbons (Fsp3) is 0.308. The van der Waals surface area contributed by atoms with Crippen molar-refractivity contribution < 1.29 is 27.8 Å². The number of Topliss-reactive ketones (excluding diaryl/α,β-unsaturated/α-hetero) is 1. The number of hydrogen-bond donors (Lipinski definition) is 2. The number of benzene rings is 2. The molecule has 2 aromatic carbocycles. The maximum absolute atomic E-state index is 12.6. The Kier molecular flexibility index (Phi) is 6.50. The van der Waals surface area contributed by atoms with Crippen LogP contribution in [0.5, 0.6) is 5.75 Å². The van der Waals surface area contributed by atoms with E-state index in [1.165, 1.54) is 19.1 Å². The average molecular weight is 470 g/mol. The number of aromatic nitrogens is 1. The summed E-state index contributed by atoms with van der Waals surface area (Å²) in [7, 11) is 0. The summed E-state index contributed by atoms with van der Waals surface area (Å²) < 4.78 is 42.0. The first kappa shape index (κ1) is 23.6. The molecule has 0 amide bonds. The normalized spacial score (nSPS) is 18.0. The molecule has 0 bridgehead atoms. The predicted octanol–water partition coefficient (Wildman–Crippen LogP) is 6.34. The van der Waals surface area contributed by atoms with E-state index in [-0.39, 0.29) is 28.8 Å². The number of aliphatic hydroxyl groups excluding tert-OH is 1. The second-order valence-corrected chi connectivity index (χ2v) is 8.46. The van der Waals surface area contributed by atoms with Crippen LogP contribution >= 0.6 is 0 Å². The minimum atomic E-state index is -4.77. The summed E-state index contributed by atoms with van der Waals surface area (Å²) in [4.78, 5) is 20.1. The molecule has 5 nitrogen and oxygen atoms in total. The molecule has 1 aromatic heterocycles. The molecule has 1 heterocycles. The highest BCUT2D eigenvalue weighted by Crippen LogP contribution is 2.35. The van der Waals surface area contributed by atoms with Gasteiger partial charge in [-0.3, -0.25) is 9.79 Å². The fourth-order valence-corrected chi connectivity index (χ4v) is 4.60. The number of rotatable bonds is 6. The molecule has 178 valence electrons. The number of H-pyrrole nitrogens is 1. The van der Waals surface area contributed by atoms with Crippen LogP contribution in [-0.4, -0.2) is 34.5 Å². The molecule has 3 aromatic rings. The van der Waals surface area contributed by atoms with Crippen molar-refractivity contribution in [2.45, 2.75) is 45.4 Å². The van der Waals surface area contributed by atoms with Gasteiger partial charge >= 0.3 is 6.36 Å². The number of halogens is 3. The van der Waals surface area contributed by atoms with E-state index in [1.54, 1.807) is 6.07 Å². The van der Waals surface area contributed by atoms with Crippen LogP contribution in [0.25, 0.3) is 10.9 Å². The van der Waals surface area contributed by atoms with Crippen molar-refractivity contribution in [3.63, 3.8) is 0 Å². The first-order chi connectivity index (χ1) is 16.1. The third kappa shape index (κ3) is 5.16. The third-order valence-electron chi connectivity index (χ3n) is 6.07. The first-order valence-corrected chi connectivity index (χ1v) is 11.0. The Balaban J connectivity index is 1.59. The van der Waals surface area contributed by atoms with Gasteiger partial charge in [0.15, 0.2) is 5.78 Å². The van der Waals surface area contributed by atoms with Crippen molar-refractivity contribution in [2.75, 3.05) is 6.54 Å². The Morgan fingerprint density at radius 3 is 2.59 bits per heavy atom. The van der Waals surface area contributed by atoms with Gasteiger partial charge < -0.3 is 14.8 Å². The molecule has 34 heavy (non-hydrogen) atoms. The summed E-state index contributed by atoms with van der Waals surface area (Å²) in [5.41, 5.74) is 4.26. The third-order valence-corrected chi connectivity index (χ3v) is 6.07. The Labute approximate surface area is 195 Å². The number of carbonyl (C=O) groups excluding carboxylic acids is 1. The monoisotopic (exact) mass is 470 g/mol. The summed E-state index contributed by atoms with van der Waals surface area (Å²) in [5.74, 6) is -0.459. The number of nitrogens with zero attached hydrogens (tertiary/aromatic N) is 1. The van der Waals surface area contributed by atoms with E-state index in [1.807, 2.05) is 37.3 Å². The largest absolute Gasteiger partial charge is 0.573 e. The van der Waals surface area contributed by atoms with Gasteiger partial charge in [-0.25, -0.2) is 0 Å². The van der Waals surface area contributed by atoms with Crippen LogP contribution in [0.4, 0.5) is 13.2 Å². The molecule has 0 fully saturated rings. The second-order valence-electron chi connectivity index (χ2n) is 8.46. The number of aryl methyl sites for hydroxylation is 1. The van der Waals surface area contributed by atoms with E-state index < -0.39 is 6.36 Å². The van der Waals surface area contributed by atoms with Crippen LogP contribution in [-0.2, 0) is 11.2 Å².